The Balaban J connectivity index is 2.00. The van der Waals surface area contributed by atoms with Gasteiger partial charge in [0.2, 0.25) is 0 Å². The lowest BCUT2D eigenvalue weighted by atomic mass is 9.80. The van der Waals surface area contributed by atoms with E-state index >= 15 is 0 Å². The van der Waals surface area contributed by atoms with E-state index in [2.05, 4.69) is 69.2 Å². The van der Waals surface area contributed by atoms with Crippen molar-refractivity contribution in [3.05, 3.63) is 32.7 Å². The molecule has 0 saturated heterocycles. The van der Waals surface area contributed by atoms with Gasteiger partial charge in [-0.15, -0.1) is 0 Å². The summed E-state index contributed by atoms with van der Waals surface area (Å²) in [4.78, 5) is 0. The second-order valence-electron chi connectivity index (χ2n) is 5.03. The standard InChI is InChI=1S/C14H19Br2N/c1-9(11-4-3-5-11)17-10(2)13-7-6-12(15)8-14(13)16/h6-11,17H,3-5H2,1-2H3. The van der Waals surface area contributed by atoms with Crippen LogP contribution in [0.15, 0.2) is 27.1 Å². The largest absolute Gasteiger partial charge is 0.307 e. The van der Waals surface area contributed by atoms with E-state index in [0.29, 0.717) is 12.1 Å². The second kappa shape index (κ2) is 5.85. The minimum atomic E-state index is 0.396. The first-order chi connectivity index (χ1) is 8.08. The molecule has 1 N–H and O–H groups in total. The first kappa shape index (κ1) is 13.6. The van der Waals surface area contributed by atoms with Gasteiger partial charge in [-0.2, -0.15) is 0 Å². The van der Waals surface area contributed by atoms with Crippen molar-refractivity contribution >= 4 is 31.9 Å². The summed E-state index contributed by atoms with van der Waals surface area (Å²) in [5.74, 6) is 0.881. The third-order valence-electron chi connectivity index (χ3n) is 3.80. The van der Waals surface area contributed by atoms with Gasteiger partial charge in [0.05, 0.1) is 0 Å². The van der Waals surface area contributed by atoms with E-state index in [1.165, 1.54) is 29.3 Å². The van der Waals surface area contributed by atoms with Gasteiger partial charge in [-0.25, -0.2) is 0 Å². The quantitative estimate of drug-likeness (QED) is 0.792. The molecule has 0 aromatic heterocycles. The lowest BCUT2D eigenvalue weighted by Crippen LogP contribution is -2.38. The molecule has 1 aliphatic carbocycles. The zero-order valence-corrected chi connectivity index (χ0v) is 13.5. The molecule has 1 aromatic rings. The number of halogens is 2. The molecule has 3 heteroatoms. The molecule has 0 aliphatic heterocycles. The van der Waals surface area contributed by atoms with Gasteiger partial charge < -0.3 is 5.32 Å². The first-order valence-electron chi connectivity index (χ1n) is 6.29. The normalized spacial score (nSPS) is 19.8. The van der Waals surface area contributed by atoms with Crippen LogP contribution in [-0.2, 0) is 0 Å². The van der Waals surface area contributed by atoms with Gasteiger partial charge in [0.15, 0.2) is 0 Å². The Morgan fingerprint density at radius 1 is 1.24 bits per heavy atom. The Labute approximate surface area is 121 Å². The lowest BCUT2D eigenvalue weighted by Gasteiger charge is -2.34. The highest BCUT2D eigenvalue weighted by atomic mass is 79.9. The van der Waals surface area contributed by atoms with Crippen molar-refractivity contribution in [3.8, 4) is 0 Å². The van der Waals surface area contributed by atoms with E-state index in [9.17, 15) is 0 Å². The van der Waals surface area contributed by atoms with Gasteiger partial charge in [0.1, 0.15) is 0 Å². The molecule has 2 unspecified atom stereocenters. The summed E-state index contributed by atoms with van der Waals surface area (Å²) in [7, 11) is 0. The molecule has 1 fully saturated rings. The van der Waals surface area contributed by atoms with E-state index in [1.807, 2.05) is 0 Å². The maximum Gasteiger partial charge on any atom is 0.0305 e. The highest BCUT2D eigenvalue weighted by molar-refractivity contribution is 9.11. The van der Waals surface area contributed by atoms with E-state index in [0.717, 1.165) is 10.4 Å². The molecular formula is C14H19Br2N. The topological polar surface area (TPSA) is 12.0 Å². The summed E-state index contributed by atoms with van der Waals surface area (Å²) in [5, 5.41) is 3.71. The summed E-state index contributed by atoms with van der Waals surface area (Å²) in [6.45, 7) is 4.55. The van der Waals surface area contributed by atoms with Gasteiger partial charge in [0.25, 0.3) is 0 Å². The van der Waals surface area contributed by atoms with Gasteiger partial charge in [-0.3, -0.25) is 0 Å². The molecule has 2 rings (SSSR count). The highest BCUT2D eigenvalue weighted by Crippen LogP contribution is 2.32. The van der Waals surface area contributed by atoms with Crippen LogP contribution in [-0.4, -0.2) is 6.04 Å². The molecule has 94 valence electrons. The lowest BCUT2D eigenvalue weighted by molar-refractivity contribution is 0.229. The summed E-state index contributed by atoms with van der Waals surface area (Å²) < 4.78 is 2.29. The third-order valence-corrected chi connectivity index (χ3v) is 4.98. The van der Waals surface area contributed by atoms with E-state index in [4.69, 9.17) is 0 Å². The van der Waals surface area contributed by atoms with Gasteiger partial charge in [-0.05, 0) is 50.3 Å². The Hall–Kier alpha value is 0.140. The van der Waals surface area contributed by atoms with E-state index in [-0.39, 0.29) is 0 Å². The van der Waals surface area contributed by atoms with Crippen LogP contribution < -0.4 is 5.32 Å². The number of rotatable bonds is 4. The Kier molecular flexibility index (Phi) is 4.67. The van der Waals surface area contributed by atoms with Crippen LogP contribution in [0.2, 0.25) is 0 Å². The zero-order chi connectivity index (χ0) is 12.4. The van der Waals surface area contributed by atoms with Gasteiger partial charge in [0, 0.05) is 21.0 Å². The SMILES string of the molecule is CC(NC(C)C1CCC1)c1ccc(Br)cc1Br. The van der Waals surface area contributed by atoms with Crippen molar-refractivity contribution in [2.24, 2.45) is 5.92 Å². The monoisotopic (exact) mass is 359 g/mol. The average Bonchev–Trinajstić information content (AvgIpc) is 2.13. The smallest absolute Gasteiger partial charge is 0.0305 e. The minimum absolute atomic E-state index is 0.396. The Bertz CT molecular complexity index is 388. The summed E-state index contributed by atoms with van der Waals surface area (Å²) in [6, 6.07) is 7.41. The van der Waals surface area contributed by atoms with Crippen LogP contribution in [0.4, 0.5) is 0 Å². The molecule has 1 saturated carbocycles. The first-order valence-corrected chi connectivity index (χ1v) is 7.87. The molecule has 1 aromatic carbocycles. The molecule has 1 nitrogen and oxygen atoms in total. The van der Waals surface area contributed by atoms with E-state index < -0.39 is 0 Å². The Morgan fingerprint density at radius 2 is 1.94 bits per heavy atom. The summed E-state index contributed by atoms with van der Waals surface area (Å²) in [6.07, 6.45) is 4.19. The van der Waals surface area contributed by atoms with Crippen LogP contribution in [0.3, 0.4) is 0 Å². The molecule has 1 aliphatic rings. The number of hydrogen-bond acceptors (Lipinski definition) is 1. The van der Waals surface area contributed by atoms with Crippen molar-refractivity contribution < 1.29 is 0 Å². The van der Waals surface area contributed by atoms with Crippen molar-refractivity contribution in [3.63, 3.8) is 0 Å². The molecular weight excluding hydrogens is 342 g/mol. The van der Waals surface area contributed by atoms with Gasteiger partial charge in [-0.1, -0.05) is 44.3 Å². The maximum atomic E-state index is 3.71. The maximum absolute atomic E-state index is 3.71. The average molecular weight is 361 g/mol. The van der Waals surface area contributed by atoms with Crippen LogP contribution in [0.1, 0.15) is 44.7 Å². The molecule has 0 radical (unpaired) electrons. The fourth-order valence-electron chi connectivity index (χ4n) is 2.41. The second-order valence-corrected chi connectivity index (χ2v) is 6.80. The molecule has 2 atom stereocenters. The zero-order valence-electron chi connectivity index (χ0n) is 10.3. The van der Waals surface area contributed by atoms with Crippen LogP contribution in [0, 0.1) is 5.92 Å². The molecule has 0 bridgehead atoms. The van der Waals surface area contributed by atoms with Crippen molar-refractivity contribution in [1.82, 2.24) is 5.32 Å². The van der Waals surface area contributed by atoms with Gasteiger partial charge >= 0.3 is 0 Å². The highest BCUT2D eigenvalue weighted by Gasteiger charge is 2.25. The molecule has 17 heavy (non-hydrogen) atoms. The number of hydrogen-bond donors (Lipinski definition) is 1. The number of nitrogens with one attached hydrogen (secondary N) is 1. The number of benzene rings is 1. The fourth-order valence-corrected chi connectivity index (χ4v) is 3.80. The van der Waals surface area contributed by atoms with Crippen LogP contribution >= 0.6 is 31.9 Å². The third kappa shape index (κ3) is 3.33. The van der Waals surface area contributed by atoms with Crippen molar-refractivity contribution in [2.75, 3.05) is 0 Å². The molecule has 0 heterocycles. The van der Waals surface area contributed by atoms with E-state index in [1.54, 1.807) is 0 Å². The predicted molar refractivity (Wildman–Crippen MR) is 80.2 cm³/mol. The molecule has 0 spiro atoms. The summed E-state index contributed by atoms with van der Waals surface area (Å²) in [5.41, 5.74) is 1.33. The minimum Gasteiger partial charge on any atom is -0.307 e. The van der Waals surface area contributed by atoms with Crippen LogP contribution in [0.25, 0.3) is 0 Å². The predicted octanol–water partition coefficient (Wildman–Crippen LogP) is 5.05. The fraction of sp³-hybridized carbons (Fsp3) is 0.571. The Morgan fingerprint density at radius 3 is 2.47 bits per heavy atom. The summed E-state index contributed by atoms with van der Waals surface area (Å²) >= 11 is 7.13. The van der Waals surface area contributed by atoms with Crippen molar-refractivity contribution in [1.29, 1.82) is 0 Å². The molecule has 0 amide bonds. The van der Waals surface area contributed by atoms with Crippen molar-refractivity contribution in [2.45, 2.75) is 45.2 Å². The van der Waals surface area contributed by atoms with Crippen LogP contribution in [0.5, 0.6) is 0 Å².